The van der Waals surface area contributed by atoms with Crippen molar-refractivity contribution in [3.05, 3.63) is 92.9 Å². The summed E-state index contributed by atoms with van der Waals surface area (Å²) in [5.74, 6) is 0.540. The first-order valence-electron chi connectivity index (χ1n) is 12.6. The highest BCUT2D eigenvalue weighted by Gasteiger charge is 2.31. The summed E-state index contributed by atoms with van der Waals surface area (Å²) in [7, 11) is 0. The Morgan fingerprint density at radius 2 is 1.79 bits per heavy atom. The fraction of sp³-hybridized carbons (Fsp3) is 0.241. The number of benzene rings is 2. The van der Waals surface area contributed by atoms with Gasteiger partial charge in [0, 0.05) is 41.2 Å². The van der Waals surface area contributed by atoms with E-state index in [4.69, 9.17) is 4.52 Å². The van der Waals surface area contributed by atoms with Crippen LogP contribution in [0, 0.1) is 6.92 Å². The maximum Gasteiger partial charge on any atom is 0.271 e. The predicted molar refractivity (Wildman–Crippen MR) is 150 cm³/mol. The molecule has 0 spiro atoms. The third-order valence-electron chi connectivity index (χ3n) is 7.01. The van der Waals surface area contributed by atoms with Crippen LogP contribution in [0.25, 0.3) is 21.3 Å². The van der Waals surface area contributed by atoms with Gasteiger partial charge in [0.2, 0.25) is 0 Å². The van der Waals surface area contributed by atoms with Crippen LogP contribution >= 0.6 is 22.7 Å². The minimum Gasteiger partial charge on any atom is -0.360 e. The van der Waals surface area contributed by atoms with E-state index in [1.807, 2.05) is 52.7 Å². The number of aromatic nitrogens is 2. The number of carbonyl (C=O) groups is 2. The number of piperidine rings is 1. The number of aryl methyl sites for hydroxylation is 1. The Balaban J connectivity index is 1.07. The zero-order valence-corrected chi connectivity index (χ0v) is 22.5. The van der Waals surface area contributed by atoms with Crippen LogP contribution in [-0.2, 0) is 6.54 Å². The third-order valence-corrected chi connectivity index (χ3v) is 9.03. The molecule has 9 heteroatoms. The van der Waals surface area contributed by atoms with Gasteiger partial charge in [0.15, 0.2) is 0 Å². The standard InChI is InChI=1S/C29H26N4O3S2/c1-18-25(26(32-36-18)19-7-3-2-4-8-19)29(35)33-13-11-20(12-14-33)28-31-23(17-38-28)27(34)30-15-21-16-37-24-10-6-5-9-22(21)24/h2-10,16-17,20H,11-15H2,1H3,(H,30,34). The summed E-state index contributed by atoms with van der Waals surface area (Å²) >= 11 is 3.21. The molecule has 0 radical (unpaired) electrons. The molecule has 4 heterocycles. The van der Waals surface area contributed by atoms with Gasteiger partial charge in [-0.15, -0.1) is 22.7 Å². The molecule has 38 heavy (non-hydrogen) atoms. The van der Waals surface area contributed by atoms with Gasteiger partial charge in [-0.1, -0.05) is 53.7 Å². The Kier molecular flexibility index (Phi) is 6.78. The van der Waals surface area contributed by atoms with E-state index in [0.717, 1.165) is 29.0 Å². The second-order valence-corrected chi connectivity index (χ2v) is 11.2. The molecule has 1 saturated heterocycles. The van der Waals surface area contributed by atoms with Crippen LogP contribution < -0.4 is 5.32 Å². The first kappa shape index (κ1) is 24.5. The molecule has 0 atom stereocenters. The number of likely N-dealkylation sites (tertiary alicyclic amines) is 1. The van der Waals surface area contributed by atoms with Crippen molar-refractivity contribution in [3.63, 3.8) is 0 Å². The Bertz CT molecular complexity index is 1600. The van der Waals surface area contributed by atoms with Crippen molar-refractivity contribution in [1.29, 1.82) is 0 Å². The lowest BCUT2D eigenvalue weighted by Gasteiger charge is -2.31. The van der Waals surface area contributed by atoms with Crippen LogP contribution in [-0.4, -0.2) is 39.9 Å². The summed E-state index contributed by atoms with van der Waals surface area (Å²) in [6, 6.07) is 17.8. The summed E-state index contributed by atoms with van der Waals surface area (Å²) in [5.41, 5.74) is 3.55. The molecule has 6 rings (SSSR count). The van der Waals surface area contributed by atoms with Crippen molar-refractivity contribution in [2.75, 3.05) is 13.1 Å². The predicted octanol–water partition coefficient (Wildman–Crippen LogP) is 6.27. The van der Waals surface area contributed by atoms with E-state index in [-0.39, 0.29) is 17.7 Å². The molecule has 0 unspecified atom stereocenters. The van der Waals surface area contributed by atoms with Crippen LogP contribution in [0.2, 0.25) is 0 Å². The molecule has 0 saturated carbocycles. The summed E-state index contributed by atoms with van der Waals surface area (Å²) in [6.07, 6.45) is 1.60. The lowest BCUT2D eigenvalue weighted by atomic mass is 9.96. The number of hydrogen-bond acceptors (Lipinski definition) is 7. The summed E-state index contributed by atoms with van der Waals surface area (Å²) in [5, 5.41) is 13.2. The third kappa shape index (κ3) is 4.75. The van der Waals surface area contributed by atoms with E-state index in [2.05, 4.69) is 33.0 Å². The largest absolute Gasteiger partial charge is 0.360 e. The molecule has 2 aromatic carbocycles. The molecular formula is C29H26N4O3S2. The summed E-state index contributed by atoms with van der Waals surface area (Å²) < 4.78 is 6.61. The maximum atomic E-state index is 13.4. The SMILES string of the molecule is Cc1onc(-c2ccccc2)c1C(=O)N1CCC(c2nc(C(=O)NCc3csc4ccccc34)cs2)CC1. The van der Waals surface area contributed by atoms with Crippen LogP contribution in [0.5, 0.6) is 0 Å². The van der Waals surface area contributed by atoms with E-state index >= 15 is 0 Å². The maximum absolute atomic E-state index is 13.4. The van der Waals surface area contributed by atoms with Gasteiger partial charge in [0.1, 0.15) is 22.7 Å². The van der Waals surface area contributed by atoms with Gasteiger partial charge in [0.25, 0.3) is 11.8 Å². The molecule has 1 fully saturated rings. The number of amides is 2. The van der Waals surface area contributed by atoms with Crippen molar-refractivity contribution >= 4 is 44.6 Å². The van der Waals surface area contributed by atoms with E-state index < -0.39 is 0 Å². The minimum absolute atomic E-state index is 0.0544. The molecular weight excluding hydrogens is 516 g/mol. The van der Waals surface area contributed by atoms with E-state index in [1.165, 1.54) is 21.4 Å². The fourth-order valence-electron chi connectivity index (χ4n) is 4.92. The van der Waals surface area contributed by atoms with Crippen molar-refractivity contribution in [2.24, 2.45) is 0 Å². The van der Waals surface area contributed by atoms with E-state index in [9.17, 15) is 9.59 Å². The monoisotopic (exact) mass is 542 g/mol. The Morgan fingerprint density at radius 3 is 2.61 bits per heavy atom. The number of nitrogens with zero attached hydrogens (tertiary/aromatic N) is 3. The molecule has 0 aliphatic carbocycles. The lowest BCUT2D eigenvalue weighted by molar-refractivity contribution is 0.0711. The van der Waals surface area contributed by atoms with Crippen molar-refractivity contribution in [1.82, 2.24) is 20.4 Å². The number of hydrogen-bond donors (Lipinski definition) is 1. The fourth-order valence-corrected chi connectivity index (χ4v) is 6.85. The quantitative estimate of drug-likeness (QED) is 0.273. The summed E-state index contributed by atoms with van der Waals surface area (Å²) in [6.45, 7) is 3.50. The van der Waals surface area contributed by atoms with Gasteiger partial charge in [0.05, 0.1) is 5.01 Å². The number of carbonyl (C=O) groups excluding carboxylic acids is 2. The molecule has 1 aliphatic heterocycles. The molecule has 7 nitrogen and oxygen atoms in total. The number of rotatable bonds is 6. The minimum atomic E-state index is -0.160. The Morgan fingerprint density at radius 1 is 1.03 bits per heavy atom. The molecule has 3 aromatic heterocycles. The number of thiazole rings is 1. The first-order valence-corrected chi connectivity index (χ1v) is 14.3. The number of nitrogens with one attached hydrogen (secondary N) is 1. The van der Waals surface area contributed by atoms with E-state index in [0.29, 0.717) is 42.3 Å². The number of thiophene rings is 1. The van der Waals surface area contributed by atoms with Crippen LogP contribution in [0.4, 0.5) is 0 Å². The van der Waals surface area contributed by atoms with Gasteiger partial charge in [-0.3, -0.25) is 9.59 Å². The van der Waals surface area contributed by atoms with Crippen LogP contribution in [0.1, 0.15) is 55.9 Å². The zero-order chi connectivity index (χ0) is 26.1. The average Bonchev–Trinajstić information content (AvgIpc) is 3.71. The Labute approximate surface area is 228 Å². The molecule has 5 aromatic rings. The highest BCUT2D eigenvalue weighted by Crippen LogP contribution is 2.33. The first-order chi connectivity index (χ1) is 18.6. The smallest absolute Gasteiger partial charge is 0.271 e. The van der Waals surface area contributed by atoms with Gasteiger partial charge in [-0.2, -0.15) is 0 Å². The van der Waals surface area contributed by atoms with Crippen LogP contribution in [0.3, 0.4) is 0 Å². The topological polar surface area (TPSA) is 88.3 Å². The lowest BCUT2D eigenvalue weighted by Crippen LogP contribution is -2.38. The molecule has 0 bridgehead atoms. The second kappa shape index (κ2) is 10.5. The Hall–Kier alpha value is -3.82. The van der Waals surface area contributed by atoms with Gasteiger partial charge in [-0.05, 0) is 42.2 Å². The highest BCUT2D eigenvalue weighted by atomic mass is 32.1. The zero-order valence-electron chi connectivity index (χ0n) is 20.8. The van der Waals surface area contributed by atoms with Crippen molar-refractivity contribution in [2.45, 2.75) is 32.2 Å². The average molecular weight is 543 g/mol. The highest BCUT2D eigenvalue weighted by molar-refractivity contribution is 7.17. The van der Waals surface area contributed by atoms with Gasteiger partial charge < -0.3 is 14.7 Å². The number of fused-ring (bicyclic) bond motifs is 1. The van der Waals surface area contributed by atoms with E-state index in [1.54, 1.807) is 18.3 Å². The molecule has 1 aliphatic rings. The van der Waals surface area contributed by atoms with Gasteiger partial charge >= 0.3 is 0 Å². The molecule has 2 amide bonds. The van der Waals surface area contributed by atoms with Crippen molar-refractivity contribution in [3.8, 4) is 11.3 Å². The molecule has 1 N–H and O–H groups in total. The van der Waals surface area contributed by atoms with Crippen LogP contribution in [0.15, 0.2) is 69.9 Å². The summed E-state index contributed by atoms with van der Waals surface area (Å²) in [4.78, 5) is 32.8. The molecule has 192 valence electrons. The van der Waals surface area contributed by atoms with Crippen molar-refractivity contribution < 1.29 is 14.1 Å². The normalized spacial score (nSPS) is 14.2. The second-order valence-electron chi connectivity index (χ2n) is 9.41. The van der Waals surface area contributed by atoms with Gasteiger partial charge in [-0.25, -0.2) is 4.98 Å².